The van der Waals surface area contributed by atoms with Gasteiger partial charge in [0.1, 0.15) is 17.7 Å². The Morgan fingerprint density at radius 3 is 2.19 bits per heavy atom. The molecule has 3 rings (SSSR count). The van der Waals surface area contributed by atoms with Crippen LogP contribution in [0, 0.1) is 19.7 Å². The van der Waals surface area contributed by atoms with Gasteiger partial charge in [0.15, 0.2) is 11.5 Å². The number of hydrogen-bond acceptors (Lipinski definition) is 4. The normalized spacial score (nSPS) is 12.0. The van der Waals surface area contributed by atoms with Gasteiger partial charge in [0.2, 0.25) is 0 Å². The second-order valence-corrected chi connectivity index (χ2v) is 6.25. The quantitative estimate of drug-likeness (QED) is 0.599. The maximum Gasteiger partial charge on any atom is 0.169 e. The van der Waals surface area contributed by atoms with Crippen molar-refractivity contribution in [3.05, 3.63) is 82.7 Å². The summed E-state index contributed by atoms with van der Waals surface area (Å²) in [4.78, 5) is 0. The average Bonchev–Trinajstić information content (AvgIpc) is 2.57. The third kappa shape index (κ3) is 3.63. The number of phenolic OH excluding ortho intramolecular Hbond substituents is 1. The lowest BCUT2D eigenvalue weighted by Crippen LogP contribution is -2.06. The molecule has 0 saturated heterocycles. The molecule has 0 fully saturated rings. The van der Waals surface area contributed by atoms with Gasteiger partial charge in [0.05, 0.1) is 0 Å². The summed E-state index contributed by atoms with van der Waals surface area (Å²) in [7, 11) is 0. The number of aryl methyl sites for hydroxylation is 2. The SMILES string of the molecule is Cc1cc(N)cc(C)c1C(O)c1ccc(O)c(Oc2ccc(F)cc2)c1. The second kappa shape index (κ2) is 7.06. The first-order chi connectivity index (χ1) is 12.3. The summed E-state index contributed by atoms with van der Waals surface area (Å²) >= 11 is 0. The molecule has 134 valence electrons. The van der Waals surface area contributed by atoms with E-state index in [0.29, 0.717) is 17.0 Å². The fourth-order valence-electron chi connectivity index (χ4n) is 3.02. The highest BCUT2D eigenvalue weighted by molar-refractivity contribution is 5.53. The summed E-state index contributed by atoms with van der Waals surface area (Å²) in [5.74, 6) is 0.114. The summed E-state index contributed by atoms with van der Waals surface area (Å²) in [6.45, 7) is 3.77. The molecule has 0 amide bonds. The van der Waals surface area contributed by atoms with Gasteiger partial charge in [-0.3, -0.25) is 0 Å². The Morgan fingerprint density at radius 1 is 0.962 bits per heavy atom. The number of aliphatic hydroxyl groups excluding tert-OH is 1. The molecule has 0 spiro atoms. The molecule has 0 radical (unpaired) electrons. The molecule has 0 aromatic heterocycles. The van der Waals surface area contributed by atoms with Crippen LogP contribution in [0.5, 0.6) is 17.2 Å². The Labute approximate surface area is 151 Å². The predicted octanol–water partition coefficient (Wildman–Crippen LogP) is 4.60. The van der Waals surface area contributed by atoms with Crippen LogP contribution in [-0.4, -0.2) is 10.2 Å². The molecule has 3 aromatic rings. The second-order valence-electron chi connectivity index (χ2n) is 6.25. The lowest BCUT2D eigenvalue weighted by molar-refractivity contribution is 0.218. The zero-order valence-corrected chi connectivity index (χ0v) is 14.5. The van der Waals surface area contributed by atoms with E-state index in [-0.39, 0.29) is 17.3 Å². The molecule has 0 aliphatic rings. The molecule has 4 N–H and O–H groups in total. The third-order valence-electron chi connectivity index (χ3n) is 4.23. The molecule has 0 bridgehead atoms. The lowest BCUT2D eigenvalue weighted by atomic mass is 9.93. The van der Waals surface area contributed by atoms with Gasteiger partial charge in [0, 0.05) is 5.69 Å². The molecule has 0 saturated carbocycles. The number of phenols is 1. The van der Waals surface area contributed by atoms with E-state index in [9.17, 15) is 14.6 Å². The summed E-state index contributed by atoms with van der Waals surface area (Å²) < 4.78 is 18.6. The number of nitrogens with two attached hydrogens (primary N) is 1. The van der Waals surface area contributed by atoms with Crippen molar-refractivity contribution >= 4 is 5.69 Å². The Kier molecular flexibility index (Phi) is 4.82. The van der Waals surface area contributed by atoms with Crippen molar-refractivity contribution < 1.29 is 19.3 Å². The van der Waals surface area contributed by atoms with Crippen molar-refractivity contribution in [2.45, 2.75) is 20.0 Å². The Morgan fingerprint density at radius 2 is 1.58 bits per heavy atom. The van der Waals surface area contributed by atoms with Gasteiger partial charge in [-0.1, -0.05) is 6.07 Å². The van der Waals surface area contributed by atoms with Gasteiger partial charge in [-0.2, -0.15) is 0 Å². The van der Waals surface area contributed by atoms with Crippen molar-refractivity contribution in [2.75, 3.05) is 5.73 Å². The van der Waals surface area contributed by atoms with Crippen molar-refractivity contribution in [3.63, 3.8) is 0 Å². The summed E-state index contributed by atoms with van der Waals surface area (Å²) in [5, 5.41) is 20.9. The number of ether oxygens (including phenoxy) is 1. The fourth-order valence-corrected chi connectivity index (χ4v) is 3.02. The molecule has 4 nitrogen and oxygen atoms in total. The molecule has 1 atom stereocenters. The largest absolute Gasteiger partial charge is 0.504 e. The minimum atomic E-state index is -0.897. The number of aliphatic hydroxyl groups is 1. The van der Waals surface area contributed by atoms with Gasteiger partial charge in [0.25, 0.3) is 0 Å². The molecular weight excluding hydrogens is 333 g/mol. The topological polar surface area (TPSA) is 75.7 Å². The Balaban J connectivity index is 1.95. The number of hydrogen-bond donors (Lipinski definition) is 3. The van der Waals surface area contributed by atoms with Crippen LogP contribution >= 0.6 is 0 Å². The number of anilines is 1. The number of nitrogen functional groups attached to an aromatic ring is 1. The van der Waals surface area contributed by atoms with E-state index in [0.717, 1.165) is 16.7 Å². The minimum absolute atomic E-state index is 0.0731. The fraction of sp³-hybridized carbons (Fsp3) is 0.143. The predicted molar refractivity (Wildman–Crippen MR) is 99.0 cm³/mol. The van der Waals surface area contributed by atoms with Crippen LogP contribution in [0.25, 0.3) is 0 Å². The highest BCUT2D eigenvalue weighted by Gasteiger charge is 2.18. The monoisotopic (exact) mass is 353 g/mol. The van der Waals surface area contributed by atoms with Crippen molar-refractivity contribution in [1.29, 1.82) is 0 Å². The summed E-state index contributed by atoms with van der Waals surface area (Å²) in [6, 6.07) is 13.7. The molecular formula is C21H20FNO3. The first-order valence-electron chi connectivity index (χ1n) is 8.16. The van der Waals surface area contributed by atoms with E-state index in [1.165, 1.54) is 30.3 Å². The maximum atomic E-state index is 13.0. The van der Waals surface area contributed by atoms with E-state index >= 15 is 0 Å². The first kappa shape index (κ1) is 17.8. The van der Waals surface area contributed by atoms with Gasteiger partial charge in [-0.05, 0) is 84.6 Å². The van der Waals surface area contributed by atoms with Crippen LogP contribution in [0.2, 0.25) is 0 Å². The standard InChI is InChI=1S/C21H20FNO3/c1-12-9-16(23)10-13(2)20(12)21(25)14-3-8-18(24)19(11-14)26-17-6-4-15(22)5-7-17/h3-11,21,24-25H,23H2,1-2H3. The smallest absolute Gasteiger partial charge is 0.169 e. The van der Waals surface area contributed by atoms with Crippen LogP contribution in [0.4, 0.5) is 10.1 Å². The van der Waals surface area contributed by atoms with E-state index in [1.54, 1.807) is 12.1 Å². The summed E-state index contributed by atoms with van der Waals surface area (Å²) in [6.07, 6.45) is -0.897. The number of benzene rings is 3. The van der Waals surface area contributed by atoms with Crippen LogP contribution in [0.15, 0.2) is 54.6 Å². The average molecular weight is 353 g/mol. The van der Waals surface area contributed by atoms with E-state index in [1.807, 2.05) is 26.0 Å². The van der Waals surface area contributed by atoms with Crippen molar-refractivity contribution in [2.24, 2.45) is 0 Å². The van der Waals surface area contributed by atoms with Crippen LogP contribution < -0.4 is 10.5 Å². The highest BCUT2D eigenvalue weighted by atomic mass is 19.1. The van der Waals surface area contributed by atoms with Crippen LogP contribution in [0.3, 0.4) is 0 Å². The molecule has 0 aliphatic carbocycles. The molecule has 0 heterocycles. The maximum absolute atomic E-state index is 13.0. The van der Waals surface area contributed by atoms with Gasteiger partial charge >= 0.3 is 0 Å². The molecule has 0 aliphatic heterocycles. The van der Waals surface area contributed by atoms with Gasteiger partial charge in [-0.25, -0.2) is 4.39 Å². The van der Waals surface area contributed by atoms with Gasteiger partial charge < -0.3 is 20.7 Å². The highest BCUT2D eigenvalue weighted by Crippen LogP contribution is 2.36. The number of aromatic hydroxyl groups is 1. The zero-order valence-electron chi connectivity index (χ0n) is 14.5. The van der Waals surface area contributed by atoms with Crippen LogP contribution in [-0.2, 0) is 0 Å². The molecule has 26 heavy (non-hydrogen) atoms. The van der Waals surface area contributed by atoms with E-state index in [4.69, 9.17) is 10.5 Å². The number of halogens is 1. The van der Waals surface area contributed by atoms with Crippen LogP contribution in [0.1, 0.15) is 28.4 Å². The molecule has 3 aromatic carbocycles. The Hall–Kier alpha value is -3.05. The number of rotatable bonds is 4. The zero-order chi connectivity index (χ0) is 18.8. The third-order valence-corrected chi connectivity index (χ3v) is 4.23. The van der Waals surface area contributed by atoms with Gasteiger partial charge in [-0.15, -0.1) is 0 Å². The van der Waals surface area contributed by atoms with E-state index < -0.39 is 6.10 Å². The first-order valence-corrected chi connectivity index (χ1v) is 8.16. The Bertz CT molecular complexity index is 915. The molecule has 5 heteroatoms. The lowest BCUT2D eigenvalue weighted by Gasteiger charge is -2.19. The van der Waals surface area contributed by atoms with Crippen molar-refractivity contribution in [3.8, 4) is 17.2 Å². The summed E-state index contributed by atoms with van der Waals surface area (Å²) in [5.41, 5.74) is 9.57. The van der Waals surface area contributed by atoms with E-state index in [2.05, 4.69) is 0 Å². The minimum Gasteiger partial charge on any atom is -0.504 e. The molecule has 1 unspecified atom stereocenters. The van der Waals surface area contributed by atoms with Crippen molar-refractivity contribution in [1.82, 2.24) is 0 Å².